The van der Waals surface area contributed by atoms with E-state index in [1.807, 2.05) is 30.3 Å². The summed E-state index contributed by atoms with van der Waals surface area (Å²) in [4.78, 5) is 13.6. The van der Waals surface area contributed by atoms with Crippen LogP contribution in [0.1, 0.15) is 12.5 Å². The molecule has 0 amide bonds. The largest absolute Gasteiger partial charge is 0.465 e. The Morgan fingerprint density at radius 3 is 2.59 bits per heavy atom. The number of ether oxygens (including phenoxy) is 1. The number of carbonyl (C=O) groups is 1. The number of anilines is 1. The highest BCUT2D eigenvalue weighted by Crippen LogP contribution is 2.24. The number of benzene rings is 2. The number of carbonyl (C=O) groups excluding carboxylic acids is 1. The van der Waals surface area contributed by atoms with Crippen LogP contribution in [0.5, 0.6) is 0 Å². The van der Waals surface area contributed by atoms with E-state index in [0.29, 0.717) is 18.8 Å². The van der Waals surface area contributed by atoms with Crippen LogP contribution in [0, 0.1) is 5.82 Å². The van der Waals surface area contributed by atoms with Gasteiger partial charge >= 0.3 is 5.97 Å². The summed E-state index contributed by atoms with van der Waals surface area (Å²) in [6.45, 7) is 2.66. The summed E-state index contributed by atoms with van der Waals surface area (Å²) in [6, 6.07) is 14.1. The van der Waals surface area contributed by atoms with Crippen LogP contribution in [0.4, 0.5) is 10.1 Å². The highest BCUT2D eigenvalue weighted by atomic mass is 35.5. The quantitative estimate of drug-likeness (QED) is 0.752. The van der Waals surface area contributed by atoms with Gasteiger partial charge in [-0.3, -0.25) is 4.79 Å². The Morgan fingerprint density at radius 2 is 1.95 bits per heavy atom. The predicted octanol–water partition coefficient (Wildman–Crippen LogP) is 4.05. The molecule has 0 saturated heterocycles. The Morgan fingerprint density at radius 1 is 1.23 bits per heavy atom. The Labute approximate surface area is 134 Å². The topological polar surface area (TPSA) is 29.5 Å². The first kappa shape index (κ1) is 16.3. The van der Waals surface area contributed by atoms with E-state index in [9.17, 15) is 9.18 Å². The van der Waals surface area contributed by atoms with E-state index in [0.717, 1.165) is 5.56 Å². The second kappa shape index (κ2) is 7.80. The maximum absolute atomic E-state index is 13.3. The smallest absolute Gasteiger partial charge is 0.325 e. The van der Waals surface area contributed by atoms with E-state index < -0.39 is 5.82 Å². The van der Waals surface area contributed by atoms with Crippen molar-refractivity contribution in [1.82, 2.24) is 0 Å². The van der Waals surface area contributed by atoms with Gasteiger partial charge in [0.05, 0.1) is 11.6 Å². The predicted molar refractivity (Wildman–Crippen MR) is 85.5 cm³/mol. The molecule has 5 heteroatoms. The third-order valence-corrected chi connectivity index (χ3v) is 3.40. The highest BCUT2D eigenvalue weighted by molar-refractivity contribution is 6.31. The molecule has 0 atom stereocenters. The third-order valence-electron chi connectivity index (χ3n) is 3.11. The molecule has 0 aromatic heterocycles. The lowest BCUT2D eigenvalue weighted by Crippen LogP contribution is -2.30. The van der Waals surface area contributed by atoms with Crippen molar-refractivity contribution < 1.29 is 13.9 Å². The summed E-state index contributed by atoms with van der Waals surface area (Å²) >= 11 is 5.84. The monoisotopic (exact) mass is 321 g/mol. The number of halogens is 2. The zero-order chi connectivity index (χ0) is 15.9. The summed E-state index contributed by atoms with van der Waals surface area (Å²) in [5.74, 6) is -0.819. The molecule has 116 valence electrons. The van der Waals surface area contributed by atoms with Gasteiger partial charge in [0.15, 0.2) is 0 Å². The first-order chi connectivity index (χ1) is 10.6. The minimum Gasteiger partial charge on any atom is -0.465 e. The van der Waals surface area contributed by atoms with Crippen molar-refractivity contribution in [2.24, 2.45) is 0 Å². The Balaban J connectivity index is 2.23. The number of rotatable bonds is 6. The lowest BCUT2D eigenvalue weighted by atomic mass is 10.2. The minimum atomic E-state index is -0.485. The minimum absolute atomic E-state index is 0.0272. The molecule has 22 heavy (non-hydrogen) atoms. The fourth-order valence-corrected chi connectivity index (χ4v) is 2.26. The van der Waals surface area contributed by atoms with Gasteiger partial charge in [-0.1, -0.05) is 41.9 Å². The first-order valence-corrected chi connectivity index (χ1v) is 7.37. The van der Waals surface area contributed by atoms with Crippen LogP contribution >= 0.6 is 11.6 Å². The van der Waals surface area contributed by atoms with Crippen LogP contribution in [0.15, 0.2) is 48.5 Å². The first-order valence-electron chi connectivity index (χ1n) is 6.99. The number of esters is 1. The molecular formula is C17H17ClFNO2. The summed E-state index contributed by atoms with van der Waals surface area (Å²) in [7, 11) is 0. The van der Waals surface area contributed by atoms with Crippen LogP contribution in [0.3, 0.4) is 0 Å². The van der Waals surface area contributed by atoms with Gasteiger partial charge in [-0.2, -0.15) is 0 Å². The summed E-state index contributed by atoms with van der Waals surface area (Å²) in [5, 5.41) is 0.0272. The molecule has 0 saturated carbocycles. The van der Waals surface area contributed by atoms with Crippen molar-refractivity contribution in [2.45, 2.75) is 13.5 Å². The molecule has 2 aromatic rings. The van der Waals surface area contributed by atoms with E-state index >= 15 is 0 Å². The van der Waals surface area contributed by atoms with E-state index in [1.165, 1.54) is 12.1 Å². The molecule has 0 N–H and O–H groups in total. The van der Waals surface area contributed by atoms with Crippen LogP contribution in [-0.4, -0.2) is 19.1 Å². The van der Waals surface area contributed by atoms with E-state index in [4.69, 9.17) is 16.3 Å². The van der Waals surface area contributed by atoms with E-state index in [-0.39, 0.29) is 17.5 Å². The SMILES string of the molecule is CCOC(=O)CN(Cc1ccccc1)c1ccc(F)c(Cl)c1. The molecule has 0 fully saturated rings. The molecule has 2 rings (SSSR count). The Hall–Kier alpha value is -2.07. The Bertz CT molecular complexity index is 634. The summed E-state index contributed by atoms with van der Waals surface area (Å²) in [5.41, 5.74) is 1.70. The Kier molecular flexibility index (Phi) is 5.78. The average molecular weight is 322 g/mol. The van der Waals surface area contributed by atoms with Crippen molar-refractivity contribution in [3.8, 4) is 0 Å². The normalized spacial score (nSPS) is 10.3. The van der Waals surface area contributed by atoms with Crippen LogP contribution in [-0.2, 0) is 16.1 Å². The van der Waals surface area contributed by atoms with Crippen LogP contribution < -0.4 is 4.90 Å². The molecule has 0 aliphatic rings. The maximum Gasteiger partial charge on any atom is 0.325 e. The molecule has 0 bridgehead atoms. The fourth-order valence-electron chi connectivity index (χ4n) is 2.09. The van der Waals surface area contributed by atoms with Crippen molar-refractivity contribution in [3.05, 3.63) is 64.9 Å². The molecule has 3 nitrogen and oxygen atoms in total. The third kappa shape index (κ3) is 4.46. The average Bonchev–Trinajstić information content (AvgIpc) is 2.51. The van der Waals surface area contributed by atoms with Crippen molar-refractivity contribution in [1.29, 1.82) is 0 Å². The number of nitrogens with zero attached hydrogens (tertiary/aromatic N) is 1. The van der Waals surface area contributed by atoms with Gasteiger partial charge in [-0.15, -0.1) is 0 Å². The number of hydrogen-bond donors (Lipinski definition) is 0. The molecule has 0 heterocycles. The van der Waals surface area contributed by atoms with E-state index in [2.05, 4.69) is 0 Å². The lowest BCUT2D eigenvalue weighted by molar-refractivity contribution is -0.141. The molecular weight excluding hydrogens is 305 g/mol. The molecule has 0 aliphatic heterocycles. The molecule has 0 aliphatic carbocycles. The molecule has 2 aromatic carbocycles. The van der Waals surface area contributed by atoms with Gasteiger partial charge in [0.1, 0.15) is 12.4 Å². The van der Waals surface area contributed by atoms with Gasteiger partial charge in [0.2, 0.25) is 0 Å². The zero-order valence-corrected chi connectivity index (χ0v) is 13.0. The summed E-state index contributed by atoms with van der Waals surface area (Å²) < 4.78 is 18.3. The summed E-state index contributed by atoms with van der Waals surface area (Å²) in [6.07, 6.45) is 0. The molecule has 0 spiro atoms. The number of hydrogen-bond acceptors (Lipinski definition) is 3. The van der Waals surface area contributed by atoms with E-state index in [1.54, 1.807) is 17.9 Å². The van der Waals surface area contributed by atoms with Crippen molar-refractivity contribution >= 4 is 23.3 Å². The molecule has 0 unspecified atom stereocenters. The van der Waals surface area contributed by atoms with Gasteiger partial charge in [-0.25, -0.2) is 4.39 Å². The second-order valence-electron chi connectivity index (χ2n) is 4.75. The van der Waals surface area contributed by atoms with Crippen LogP contribution in [0.2, 0.25) is 5.02 Å². The van der Waals surface area contributed by atoms with Gasteiger partial charge in [0, 0.05) is 12.2 Å². The fraction of sp³-hybridized carbons (Fsp3) is 0.235. The lowest BCUT2D eigenvalue weighted by Gasteiger charge is -2.24. The standard InChI is InChI=1S/C17H17ClFNO2/c1-2-22-17(21)12-20(11-13-6-4-3-5-7-13)14-8-9-16(19)15(18)10-14/h3-10H,2,11-12H2,1H3. The van der Waals surface area contributed by atoms with Gasteiger partial charge in [-0.05, 0) is 30.7 Å². The second-order valence-corrected chi connectivity index (χ2v) is 5.15. The zero-order valence-electron chi connectivity index (χ0n) is 12.3. The maximum atomic E-state index is 13.3. The van der Waals surface area contributed by atoms with Gasteiger partial charge < -0.3 is 9.64 Å². The van der Waals surface area contributed by atoms with Crippen molar-refractivity contribution in [3.63, 3.8) is 0 Å². The van der Waals surface area contributed by atoms with Crippen molar-refractivity contribution in [2.75, 3.05) is 18.1 Å². The van der Waals surface area contributed by atoms with Crippen LogP contribution in [0.25, 0.3) is 0 Å². The molecule has 0 radical (unpaired) electrons. The van der Waals surface area contributed by atoms with Gasteiger partial charge in [0.25, 0.3) is 0 Å². The highest BCUT2D eigenvalue weighted by Gasteiger charge is 2.14.